The van der Waals surface area contributed by atoms with Crippen molar-refractivity contribution in [3.8, 4) is 0 Å². The second kappa shape index (κ2) is 23.3. The normalized spacial score (nSPS) is 32.6. The molecule has 3 fully saturated rings. The molecule has 0 aliphatic carbocycles. The van der Waals surface area contributed by atoms with Crippen LogP contribution in [0, 0.1) is 0 Å². The lowest BCUT2D eigenvalue weighted by molar-refractivity contribution is -0.363. The first-order valence-electron chi connectivity index (χ1n) is 19.3. The number of esters is 10. The molecule has 0 N–H and O–H groups in total. The third kappa shape index (κ3) is 15.4. The molecule has 15 atom stereocenters. The Labute approximate surface area is 360 Å². The Hall–Kier alpha value is -5.50. The fourth-order valence-corrected chi connectivity index (χ4v) is 6.82. The summed E-state index contributed by atoms with van der Waals surface area (Å²) in [5.41, 5.74) is 0. The van der Waals surface area contributed by atoms with Gasteiger partial charge in [-0.2, -0.15) is 0 Å². The smallest absolute Gasteiger partial charge is 0.305 e. The van der Waals surface area contributed by atoms with E-state index in [1.165, 1.54) is 6.92 Å². The number of hydrogen-bond donors (Lipinski definition) is 0. The lowest BCUT2D eigenvalue weighted by atomic mass is 9.95. The summed E-state index contributed by atoms with van der Waals surface area (Å²) in [4.78, 5) is 124. The SMILES string of the molecule is CC(=O)OC[C@@H]1O[C@@H](OC(C)=O)[C@@H](OC(C)=O)[C@H](OC(C)=O)[C@H]1O[C@H]1O[C@@H](CO[C@@H]2O[C@@H](C)[C@@H](OC(C)=O)[C@@H](OC(C)=O)[C@@H]2OC(C)=O)[C@@H](OC(C)=O)[C@@H](OC(C)=O)[C@@H]1OC(C)=O. The summed E-state index contributed by atoms with van der Waals surface area (Å²) in [6.45, 7) is 10.1. The summed E-state index contributed by atoms with van der Waals surface area (Å²) < 4.78 is 84.7. The minimum absolute atomic E-state index is 0.699. The van der Waals surface area contributed by atoms with E-state index >= 15 is 0 Å². The highest BCUT2D eigenvalue weighted by Gasteiger charge is 2.59. The highest BCUT2D eigenvalue weighted by atomic mass is 16.8. The third-order valence-corrected chi connectivity index (χ3v) is 8.78. The van der Waals surface area contributed by atoms with E-state index in [1.54, 1.807) is 0 Å². The number of ether oxygens (including phenoxy) is 15. The first-order chi connectivity index (χ1) is 29.4. The van der Waals surface area contributed by atoms with Crippen molar-refractivity contribution >= 4 is 59.7 Å². The largest absolute Gasteiger partial charge is 0.463 e. The van der Waals surface area contributed by atoms with Gasteiger partial charge in [0.15, 0.2) is 55.3 Å². The first-order valence-corrected chi connectivity index (χ1v) is 19.3. The van der Waals surface area contributed by atoms with Gasteiger partial charge in [0.05, 0.1) is 12.7 Å². The van der Waals surface area contributed by atoms with Gasteiger partial charge in [0, 0.05) is 69.2 Å². The van der Waals surface area contributed by atoms with Crippen molar-refractivity contribution in [2.24, 2.45) is 0 Å². The third-order valence-electron chi connectivity index (χ3n) is 8.78. The molecule has 0 aromatic carbocycles. The van der Waals surface area contributed by atoms with E-state index in [1.807, 2.05) is 0 Å². The summed E-state index contributed by atoms with van der Waals surface area (Å²) in [6, 6.07) is 0. The molecule has 354 valence electrons. The average Bonchev–Trinajstić information content (AvgIpc) is 3.12. The Bertz CT molecular complexity index is 1710. The van der Waals surface area contributed by atoms with E-state index in [0.29, 0.717) is 0 Å². The molecule has 25 heteroatoms. The summed E-state index contributed by atoms with van der Waals surface area (Å²) in [7, 11) is 0. The van der Waals surface area contributed by atoms with Crippen LogP contribution in [-0.2, 0) is 119 Å². The average molecular weight is 909 g/mol. The second-order valence-corrected chi connectivity index (χ2v) is 14.2. The zero-order valence-electron chi connectivity index (χ0n) is 36.3. The molecule has 0 radical (unpaired) electrons. The Morgan fingerprint density at radius 2 is 0.667 bits per heavy atom. The fraction of sp³-hybridized carbons (Fsp3) is 0.737. The molecule has 0 unspecified atom stereocenters. The van der Waals surface area contributed by atoms with Gasteiger partial charge < -0.3 is 71.1 Å². The number of rotatable bonds is 16. The van der Waals surface area contributed by atoms with E-state index in [0.717, 1.165) is 69.2 Å². The van der Waals surface area contributed by atoms with Crippen LogP contribution in [0.2, 0.25) is 0 Å². The molecule has 25 nitrogen and oxygen atoms in total. The highest BCUT2D eigenvalue weighted by molar-refractivity contribution is 5.70. The Balaban J connectivity index is 2.21. The monoisotopic (exact) mass is 908 g/mol. The molecule has 3 heterocycles. The van der Waals surface area contributed by atoms with Crippen LogP contribution >= 0.6 is 0 Å². The molecule has 0 amide bonds. The maximum Gasteiger partial charge on any atom is 0.305 e. The molecule has 0 aromatic heterocycles. The van der Waals surface area contributed by atoms with Crippen LogP contribution in [0.4, 0.5) is 0 Å². The van der Waals surface area contributed by atoms with E-state index in [4.69, 9.17) is 71.1 Å². The Morgan fingerprint density at radius 1 is 0.333 bits per heavy atom. The number of carbonyl (C=O) groups is 10. The van der Waals surface area contributed by atoms with Gasteiger partial charge >= 0.3 is 59.7 Å². The van der Waals surface area contributed by atoms with Crippen molar-refractivity contribution in [3.63, 3.8) is 0 Å². The van der Waals surface area contributed by atoms with Gasteiger partial charge in [-0.05, 0) is 6.92 Å². The van der Waals surface area contributed by atoms with Crippen LogP contribution in [0.1, 0.15) is 76.2 Å². The van der Waals surface area contributed by atoms with Gasteiger partial charge in [-0.3, -0.25) is 47.9 Å². The van der Waals surface area contributed by atoms with Gasteiger partial charge in [-0.25, -0.2) is 0 Å². The van der Waals surface area contributed by atoms with Crippen LogP contribution in [0.3, 0.4) is 0 Å². The van der Waals surface area contributed by atoms with Gasteiger partial charge in [-0.1, -0.05) is 0 Å². The lowest BCUT2D eigenvalue weighted by Crippen LogP contribution is -2.67. The second-order valence-electron chi connectivity index (χ2n) is 14.2. The Kier molecular flexibility index (Phi) is 19.1. The molecule has 3 saturated heterocycles. The summed E-state index contributed by atoms with van der Waals surface area (Å²) in [6.07, 6.45) is -24.9. The highest BCUT2D eigenvalue weighted by Crippen LogP contribution is 2.37. The maximum absolute atomic E-state index is 12.7. The first kappa shape index (κ1) is 51.8. The van der Waals surface area contributed by atoms with E-state index in [9.17, 15) is 47.9 Å². The quantitative estimate of drug-likeness (QED) is 0.135. The molecule has 0 saturated carbocycles. The van der Waals surface area contributed by atoms with Crippen LogP contribution in [0.15, 0.2) is 0 Å². The van der Waals surface area contributed by atoms with Gasteiger partial charge in [0.25, 0.3) is 0 Å². The zero-order valence-corrected chi connectivity index (χ0v) is 36.3. The van der Waals surface area contributed by atoms with E-state index < -0.39 is 165 Å². The van der Waals surface area contributed by atoms with Crippen molar-refractivity contribution in [1.82, 2.24) is 0 Å². The van der Waals surface area contributed by atoms with Gasteiger partial charge in [-0.15, -0.1) is 0 Å². The van der Waals surface area contributed by atoms with Crippen LogP contribution in [0.25, 0.3) is 0 Å². The zero-order chi connectivity index (χ0) is 47.5. The van der Waals surface area contributed by atoms with Crippen molar-refractivity contribution in [2.45, 2.75) is 168 Å². The molecular weight excluding hydrogens is 856 g/mol. The van der Waals surface area contributed by atoms with E-state index in [-0.39, 0.29) is 0 Å². The minimum Gasteiger partial charge on any atom is -0.463 e. The topological polar surface area (TPSA) is 309 Å². The molecule has 3 rings (SSSR count). The van der Waals surface area contributed by atoms with Crippen molar-refractivity contribution in [1.29, 1.82) is 0 Å². The number of hydrogen-bond acceptors (Lipinski definition) is 25. The molecule has 0 aromatic rings. The molecule has 0 spiro atoms. The molecule has 3 aliphatic rings. The fourth-order valence-electron chi connectivity index (χ4n) is 6.82. The van der Waals surface area contributed by atoms with Crippen LogP contribution < -0.4 is 0 Å². The molecule has 63 heavy (non-hydrogen) atoms. The number of carbonyl (C=O) groups excluding carboxylic acids is 10. The van der Waals surface area contributed by atoms with Crippen LogP contribution in [0.5, 0.6) is 0 Å². The lowest BCUT2D eigenvalue weighted by Gasteiger charge is -2.49. The van der Waals surface area contributed by atoms with Crippen molar-refractivity contribution < 1.29 is 119 Å². The summed E-state index contributed by atoms with van der Waals surface area (Å²) in [5.74, 6) is -9.30. The molecule has 0 bridgehead atoms. The summed E-state index contributed by atoms with van der Waals surface area (Å²) in [5, 5.41) is 0. The standard InChI is InChI=1S/C38H52O25/c1-14-27(52-16(3)40)30(54-18(5)42)33(57-21(8)45)36(51-14)50-13-26-28(53-17(4)41)31(55-19(6)43)35(59-23(10)47)38(62-26)63-29-25(12-49-15(2)39)61-37(60-24(11)48)34(58-22(9)46)32(29)56-20(7)44/h14,25-38H,12-13H2,1-11H3/t14-,25-,26-,27+,28+,29-,30+,31+,32+,33-,34-,35-,36+,37+,38+/m0/s1. The van der Waals surface area contributed by atoms with Gasteiger partial charge in [0.2, 0.25) is 12.4 Å². The minimum atomic E-state index is -1.99. The molecule has 3 aliphatic heterocycles. The molecular formula is C38H52O25. The maximum atomic E-state index is 12.7. The van der Waals surface area contributed by atoms with Crippen molar-refractivity contribution in [2.75, 3.05) is 13.2 Å². The predicted molar refractivity (Wildman–Crippen MR) is 195 cm³/mol. The van der Waals surface area contributed by atoms with E-state index in [2.05, 4.69) is 0 Å². The van der Waals surface area contributed by atoms with Crippen LogP contribution in [-0.4, -0.2) is 165 Å². The van der Waals surface area contributed by atoms with Gasteiger partial charge in [0.1, 0.15) is 24.9 Å². The summed E-state index contributed by atoms with van der Waals surface area (Å²) >= 11 is 0. The predicted octanol–water partition coefficient (Wildman–Crippen LogP) is -0.837. The van der Waals surface area contributed by atoms with Crippen molar-refractivity contribution in [3.05, 3.63) is 0 Å². The Morgan fingerprint density at radius 3 is 1.11 bits per heavy atom.